The number of ketones is 1. The molecule has 6 rings (SSSR count). The molecule has 4 heterocycles. The first-order chi connectivity index (χ1) is 14.2. The molecule has 1 fully saturated rings. The molecule has 1 N–H and O–H groups in total. The summed E-state index contributed by atoms with van der Waals surface area (Å²) in [5, 5.41) is 4.90. The largest absolute Gasteiger partial charge is 0.454 e. The molecule has 0 spiro atoms. The highest BCUT2D eigenvalue weighted by Gasteiger charge is 2.39. The third kappa shape index (κ3) is 2.82. The normalized spacial score (nSPS) is 19.2. The number of aliphatic imine (C=N–C) groups is 1. The lowest BCUT2D eigenvalue weighted by molar-refractivity contribution is -0.114. The topological polar surface area (TPSA) is 67.5 Å². The van der Waals surface area contributed by atoms with E-state index in [2.05, 4.69) is 15.3 Å². The van der Waals surface area contributed by atoms with Crippen molar-refractivity contribution < 1.29 is 9.21 Å². The Kier molecular flexibility index (Phi) is 3.72. The summed E-state index contributed by atoms with van der Waals surface area (Å²) in [6, 6.07) is 19.1. The maximum atomic E-state index is 12.9. The third-order valence-corrected chi connectivity index (χ3v) is 6.93. The Bertz CT molecular complexity index is 1320. The molecule has 7 heteroatoms. The van der Waals surface area contributed by atoms with Crippen molar-refractivity contribution in [1.82, 2.24) is 4.98 Å². The number of carbonyl (C=O) groups is 1. The molecule has 0 amide bonds. The molecule has 29 heavy (non-hydrogen) atoms. The van der Waals surface area contributed by atoms with Crippen molar-refractivity contribution in [3.05, 3.63) is 71.3 Å². The predicted octanol–water partition coefficient (Wildman–Crippen LogP) is 5.74. The van der Waals surface area contributed by atoms with Gasteiger partial charge in [0.15, 0.2) is 16.6 Å². The van der Waals surface area contributed by atoms with Crippen LogP contribution in [0.2, 0.25) is 0 Å². The van der Waals surface area contributed by atoms with E-state index in [1.165, 1.54) is 11.8 Å². The van der Waals surface area contributed by atoms with Gasteiger partial charge in [0.1, 0.15) is 16.8 Å². The molecule has 1 atom stereocenters. The number of rotatable bonds is 2. The summed E-state index contributed by atoms with van der Waals surface area (Å²) in [6.07, 6.45) is 1.79. The fraction of sp³-hybridized carbons (Fsp3) is 0.0455. The van der Waals surface area contributed by atoms with Gasteiger partial charge in [0.05, 0.1) is 26.5 Å². The third-order valence-electron chi connectivity index (χ3n) is 4.81. The number of Topliss-reactive ketones (excluding diaryl/α,β-unsaturated/α-hetero) is 1. The lowest BCUT2D eigenvalue weighted by Gasteiger charge is -2.19. The van der Waals surface area contributed by atoms with Crippen LogP contribution in [0.15, 0.2) is 75.0 Å². The van der Waals surface area contributed by atoms with E-state index in [-0.39, 0.29) is 5.78 Å². The number of fused-ring (bicyclic) bond motifs is 3. The van der Waals surface area contributed by atoms with Crippen LogP contribution in [-0.2, 0) is 4.79 Å². The second-order valence-electron chi connectivity index (χ2n) is 6.71. The number of carbonyl (C=O) groups excluding carboxylic acids is 1. The number of anilines is 1. The van der Waals surface area contributed by atoms with Crippen molar-refractivity contribution in [2.24, 2.45) is 4.99 Å². The number of thioether (sulfide) groups is 1. The molecule has 2 aliphatic rings. The molecule has 1 saturated heterocycles. The molecule has 0 aliphatic carbocycles. The van der Waals surface area contributed by atoms with Crippen LogP contribution in [0.25, 0.3) is 27.1 Å². The van der Waals surface area contributed by atoms with E-state index < -0.39 is 6.04 Å². The molecular weight excluding hydrogens is 402 g/mol. The molecule has 4 aromatic rings. The van der Waals surface area contributed by atoms with Gasteiger partial charge in [-0.3, -0.25) is 4.79 Å². The number of aromatic nitrogens is 1. The SMILES string of the molecule is O=C1/C(=C/c2ccc(-c3nc4ccccc4s3)o2)SC2=Nc3ccccc3NC12. The number of furan rings is 1. The van der Waals surface area contributed by atoms with Gasteiger partial charge < -0.3 is 9.73 Å². The second-order valence-corrected chi connectivity index (χ2v) is 8.80. The number of para-hydroxylation sites is 3. The molecule has 140 valence electrons. The van der Waals surface area contributed by atoms with Crippen molar-refractivity contribution in [2.45, 2.75) is 6.04 Å². The first-order valence-electron chi connectivity index (χ1n) is 9.08. The smallest absolute Gasteiger partial charge is 0.198 e. The average molecular weight is 415 g/mol. The number of hydrogen-bond donors (Lipinski definition) is 1. The number of hydrogen-bond acceptors (Lipinski definition) is 7. The molecule has 0 radical (unpaired) electrons. The number of thiazole rings is 1. The van der Waals surface area contributed by atoms with Gasteiger partial charge >= 0.3 is 0 Å². The predicted molar refractivity (Wildman–Crippen MR) is 119 cm³/mol. The van der Waals surface area contributed by atoms with Gasteiger partial charge in [-0.1, -0.05) is 36.0 Å². The quantitative estimate of drug-likeness (QED) is 0.423. The highest BCUT2D eigenvalue weighted by atomic mass is 32.2. The standard InChI is InChI=1S/C22H13N3O2S2/c26-20-18(29-22-19(20)23-13-5-1-2-6-14(13)24-22)11-12-9-10-16(27-12)21-25-15-7-3-4-8-17(15)28-21/h1-11,19,23H/b18-11-. The fourth-order valence-corrected chi connectivity index (χ4v) is 5.39. The zero-order chi connectivity index (χ0) is 19.4. The van der Waals surface area contributed by atoms with Gasteiger partial charge in [-0.15, -0.1) is 11.3 Å². The summed E-state index contributed by atoms with van der Waals surface area (Å²) in [5.74, 6) is 1.35. The molecule has 2 aromatic carbocycles. The minimum Gasteiger partial charge on any atom is -0.454 e. The van der Waals surface area contributed by atoms with Gasteiger partial charge in [-0.25, -0.2) is 9.98 Å². The summed E-state index contributed by atoms with van der Waals surface area (Å²) in [4.78, 5) is 22.8. The van der Waals surface area contributed by atoms with Gasteiger partial charge in [0.2, 0.25) is 0 Å². The second kappa shape index (κ2) is 6.43. The Morgan fingerprint density at radius 3 is 2.83 bits per heavy atom. The van der Waals surface area contributed by atoms with E-state index in [9.17, 15) is 4.79 Å². The Morgan fingerprint density at radius 2 is 1.90 bits per heavy atom. The van der Waals surface area contributed by atoms with Crippen molar-refractivity contribution in [2.75, 3.05) is 5.32 Å². The van der Waals surface area contributed by atoms with Crippen molar-refractivity contribution >= 4 is 61.6 Å². The Balaban J connectivity index is 1.30. The van der Waals surface area contributed by atoms with E-state index in [1.54, 1.807) is 17.4 Å². The Morgan fingerprint density at radius 1 is 1.03 bits per heavy atom. The van der Waals surface area contributed by atoms with Crippen LogP contribution >= 0.6 is 23.1 Å². The number of nitrogens with zero attached hydrogens (tertiary/aromatic N) is 2. The summed E-state index contributed by atoms with van der Waals surface area (Å²) in [5.41, 5.74) is 2.70. The zero-order valence-electron chi connectivity index (χ0n) is 15.0. The zero-order valence-corrected chi connectivity index (χ0v) is 16.6. The molecular formula is C22H13N3O2S2. The van der Waals surface area contributed by atoms with Gasteiger partial charge in [-0.2, -0.15) is 0 Å². The molecule has 0 saturated carbocycles. The maximum Gasteiger partial charge on any atom is 0.198 e. The molecule has 5 nitrogen and oxygen atoms in total. The van der Waals surface area contributed by atoms with E-state index in [0.717, 1.165) is 31.6 Å². The number of benzene rings is 2. The van der Waals surface area contributed by atoms with Crippen molar-refractivity contribution in [3.8, 4) is 10.8 Å². The van der Waals surface area contributed by atoms with Crippen LogP contribution < -0.4 is 5.32 Å². The lowest BCUT2D eigenvalue weighted by atomic mass is 10.1. The van der Waals surface area contributed by atoms with Crippen LogP contribution in [0, 0.1) is 0 Å². The fourth-order valence-electron chi connectivity index (χ4n) is 3.41. The van der Waals surface area contributed by atoms with E-state index in [4.69, 9.17) is 4.42 Å². The van der Waals surface area contributed by atoms with Crippen molar-refractivity contribution in [1.29, 1.82) is 0 Å². The molecule has 2 aromatic heterocycles. The van der Waals surface area contributed by atoms with Gasteiger partial charge in [-0.05, 0) is 42.5 Å². The summed E-state index contributed by atoms with van der Waals surface area (Å²) >= 11 is 2.99. The van der Waals surface area contributed by atoms with Crippen LogP contribution in [0.4, 0.5) is 11.4 Å². The minimum atomic E-state index is -0.417. The maximum absolute atomic E-state index is 12.9. The summed E-state index contributed by atoms with van der Waals surface area (Å²) in [6.45, 7) is 0. The van der Waals surface area contributed by atoms with Crippen molar-refractivity contribution in [3.63, 3.8) is 0 Å². The first-order valence-corrected chi connectivity index (χ1v) is 10.7. The van der Waals surface area contributed by atoms with Crippen LogP contribution in [-0.4, -0.2) is 21.9 Å². The van der Waals surface area contributed by atoms with E-state index in [1.807, 2.05) is 60.7 Å². The van der Waals surface area contributed by atoms with E-state index in [0.29, 0.717) is 16.4 Å². The highest BCUT2D eigenvalue weighted by molar-refractivity contribution is 8.19. The highest BCUT2D eigenvalue weighted by Crippen LogP contribution is 2.41. The van der Waals surface area contributed by atoms with Crippen LogP contribution in [0.1, 0.15) is 5.76 Å². The molecule has 1 unspecified atom stereocenters. The summed E-state index contributed by atoms with van der Waals surface area (Å²) in [7, 11) is 0. The number of nitrogens with one attached hydrogen (secondary N) is 1. The Hall–Kier alpha value is -3.16. The molecule has 0 bridgehead atoms. The molecule has 2 aliphatic heterocycles. The van der Waals surface area contributed by atoms with Crippen LogP contribution in [0.3, 0.4) is 0 Å². The Labute approximate surface area is 174 Å². The average Bonchev–Trinajstić information content (AvgIpc) is 3.45. The first kappa shape index (κ1) is 16.8. The monoisotopic (exact) mass is 415 g/mol. The van der Waals surface area contributed by atoms with Gasteiger partial charge in [0.25, 0.3) is 0 Å². The lowest BCUT2D eigenvalue weighted by Crippen LogP contribution is -2.32. The van der Waals surface area contributed by atoms with Crippen LogP contribution in [0.5, 0.6) is 0 Å². The van der Waals surface area contributed by atoms with E-state index >= 15 is 0 Å². The summed E-state index contributed by atoms with van der Waals surface area (Å²) < 4.78 is 7.09. The van der Waals surface area contributed by atoms with Gasteiger partial charge in [0, 0.05) is 0 Å². The minimum absolute atomic E-state index is 0.0150.